The first-order chi connectivity index (χ1) is 9.58. The minimum Gasteiger partial charge on any atom is -0.369 e. The van der Waals surface area contributed by atoms with E-state index >= 15 is 0 Å². The summed E-state index contributed by atoms with van der Waals surface area (Å²) >= 11 is 6.26. The van der Waals surface area contributed by atoms with Gasteiger partial charge in [0.05, 0.1) is 16.6 Å². The molecule has 2 aromatic carbocycles. The van der Waals surface area contributed by atoms with Gasteiger partial charge in [0.15, 0.2) is 0 Å². The van der Waals surface area contributed by atoms with Gasteiger partial charge in [0.1, 0.15) is 0 Å². The number of halogens is 1. The molecule has 2 aromatic rings. The van der Waals surface area contributed by atoms with E-state index in [2.05, 4.69) is 0 Å². The van der Waals surface area contributed by atoms with E-state index in [9.17, 15) is 9.59 Å². The number of nitrogens with two attached hydrogens (primary N) is 1. The van der Waals surface area contributed by atoms with Gasteiger partial charge in [0.2, 0.25) is 11.8 Å². The summed E-state index contributed by atoms with van der Waals surface area (Å²) < 4.78 is 0. The maximum Gasteiger partial charge on any atom is 0.227 e. The van der Waals surface area contributed by atoms with Crippen LogP contribution in [0.2, 0.25) is 5.02 Å². The van der Waals surface area contributed by atoms with Crippen molar-refractivity contribution in [1.29, 1.82) is 0 Å². The molecule has 0 aliphatic carbocycles. The molecule has 1 heterocycles. The lowest BCUT2D eigenvalue weighted by Gasteiger charge is -2.19. The Kier molecular flexibility index (Phi) is 3.10. The van der Waals surface area contributed by atoms with Crippen LogP contribution in [0.3, 0.4) is 0 Å². The number of anilines is 1. The van der Waals surface area contributed by atoms with Crippen molar-refractivity contribution in [3.05, 3.63) is 41.4 Å². The smallest absolute Gasteiger partial charge is 0.227 e. The standard InChI is InChI=1S/C15H13ClN2O2/c16-11-5-1-3-9-4-2-6-12(14(9)11)18-8-10(15(17)20)7-13(18)19/h1-6,10H,7-8H2,(H2,17,20). The van der Waals surface area contributed by atoms with Gasteiger partial charge in [-0.15, -0.1) is 0 Å². The number of hydrogen-bond acceptors (Lipinski definition) is 2. The number of carbonyl (C=O) groups excluding carboxylic acids is 2. The topological polar surface area (TPSA) is 63.4 Å². The largest absolute Gasteiger partial charge is 0.369 e. The van der Waals surface area contributed by atoms with Crippen molar-refractivity contribution in [3.8, 4) is 0 Å². The Hall–Kier alpha value is -2.07. The molecule has 1 aliphatic heterocycles. The maximum atomic E-state index is 12.1. The van der Waals surface area contributed by atoms with Gasteiger partial charge < -0.3 is 10.6 Å². The van der Waals surface area contributed by atoms with Crippen LogP contribution < -0.4 is 10.6 Å². The molecule has 5 heteroatoms. The summed E-state index contributed by atoms with van der Waals surface area (Å²) in [7, 11) is 0. The van der Waals surface area contributed by atoms with Gasteiger partial charge in [0, 0.05) is 18.4 Å². The lowest BCUT2D eigenvalue weighted by atomic mass is 10.1. The summed E-state index contributed by atoms with van der Waals surface area (Å²) in [5.41, 5.74) is 6.04. The van der Waals surface area contributed by atoms with Crippen molar-refractivity contribution in [2.45, 2.75) is 6.42 Å². The second-order valence-electron chi connectivity index (χ2n) is 4.92. The molecule has 1 fully saturated rings. The molecular formula is C15H13ClN2O2. The highest BCUT2D eigenvalue weighted by Gasteiger charge is 2.34. The summed E-state index contributed by atoms with van der Waals surface area (Å²) in [5, 5.41) is 2.38. The lowest BCUT2D eigenvalue weighted by Crippen LogP contribution is -2.28. The Labute approximate surface area is 121 Å². The van der Waals surface area contributed by atoms with E-state index in [4.69, 9.17) is 17.3 Å². The molecule has 2 N–H and O–H groups in total. The third-order valence-electron chi connectivity index (χ3n) is 3.65. The Morgan fingerprint density at radius 1 is 1.25 bits per heavy atom. The number of primary amides is 1. The van der Waals surface area contributed by atoms with Crippen LogP contribution in [0.5, 0.6) is 0 Å². The highest BCUT2D eigenvalue weighted by Crippen LogP contribution is 2.35. The van der Waals surface area contributed by atoms with Crippen LogP contribution in [0.4, 0.5) is 5.69 Å². The van der Waals surface area contributed by atoms with Crippen LogP contribution in [0.15, 0.2) is 36.4 Å². The van der Waals surface area contributed by atoms with Crippen LogP contribution in [0.25, 0.3) is 10.8 Å². The molecule has 3 rings (SSSR count). The number of nitrogens with zero attached hydrogens (tertiary/aromatic N) is 1. The third kappa shape index (κ3) is 2.02. The first-order valence-electron chi connectivity index (χ1n) is 6.35. The Morgan fingerprint density at radius 2 is 1.95 bits per heavy atom. The van der Waals surface area contributed by atoms with Gasteiger partial charge in [-0.1, -0.05) is 35.9 Å². The molecule has 1 saturated heterocycles. The predicted molar refractivity (Wildman–Crippen MR) is 78.6 cm³/mol. The van der Waals surface area contributed by atoms with Crippen molar-refractivity contribution < 1.29 is 9.59 Å². The number of rotatable bonds is 2. The molecular weight excluding hydrogens is 276 g/mol. The van der Waals surface area contributed by atoms with Crippen molar-refractivity contribution in [2.24, 2.45) is 11.7 Å². The third-order valence-corrected chi connectivity index (χ3v) is 3.97. The average Bonchev–Trinajstić information content (AvgIpc) is 2.81. The van der Waals surface area contributed by atoms with E-state index in [1.54, 1.807) is 11.0 Å². The molecule has 2 amide bonds. The SMILES string of the molecule is NC(=O)C1CC(=O)N(c2cccc3cccc(Cl)c23)C1. The normalized spacial score (nSPS) is 18.8. The number of carbonyl (C=O) groups is 2. The quantitative estimate of drug-likeness (QED) is 0.922. The molecule has 0 radical (unpaired) electrons. The zero-order valence-electron chi connectivity index (χ0n) is 10.7. The summed E-state index contributed by atoms with van der Waals surface area (Å²) in [4.78, 5) is 25.0. The molecule has 0 aromatic heterocycles. The Balaban J connectivity index is 2.11. The average molecular weight is 289 g/mol. The van der Waals surface area contributed by atoms with E-state index in [-0.39, 0.29) is 12.3 Å². The summed E-state index contributed by atoms with van der Waals surface area (Å²) in [6.07, 6.45) is 0.163. The van der Waals surface area contributed by atoms with Gasteiger partial charge in [0.25, 0.3) is 0 Å². The molecule has 1 aliphatic rings. The highest BCUT2D eigenvalue weighted by molar-refractivity contribution is 6.37. The number of amides is 2. The first kappa shape index (κ1) is 12.9. The van der Waals surface area contributed by atoms with E-state index in [1.807, 2.05) is 30.3 Å². The minimum absolute atomic E-state index is 0.0961. The van der Waals surface area contributed by atoms with Crippen LogP contribution in [-0.4, -0.2) is 18.4 Å². The van der Waals surface area contributed by atoms with Crippen molar-refractivity contribution in [3.63, 3.8) is 0 Å². The van der Waals surface area contributed by atoms with Crippen LogP contribution in [0.1, 0.15) is 6.42 Å². The van der Waals surface area contributed by atoms with Crippen molar-refractivity contribution in [1.82, 2.24) is 0 Å². The molecule has 0 saturated carbocycles. The second kappa shape index (κ2) is 4.80. The van der Waals surface area contributed by atoms with Gasteiger partial charge in [-0.25, -0.2) is 0 Å². The summed E-state index contributed by atoms with van der Waals surface area (Å²) in [6.45, 7) is 0.318. The van der Waals surface area contributed by atoms with Gasteiger partial charge in [-0.2, -0.15) is 0 Å². The van der Waals surface area contributed by atoms with E-state index in [0.29, 0.717) is 11.6 Å². The van der Waals surface area contributed by atoms with Crippen LogP contribution in [0, 0.1) is 5.92 Å². The number of hydrogen-bond donors (Lipinski definition) is 1. The second-order valence-corrected chi connectivity index (χ2v) is 5.33. The molecule has 20 heavy (non-hydrogen) atoms. The van der Waals surface area contributed by atoms with Crippen LogP contribution in [-0.2, 0) is 9.59 Å². The minimum atomic E-state index is -0.438. The predicted octanol–water partition coefficient (Wildman–Crippen LogP) is 2.33. The van der Waals surface area contributed by atoms with E-state index in [0.717, 1.165) is 16.5 Å². The summed E-state index contributed by atoms with van der Waals surface area (Å²) in [6, 6.07) is 11.3. The summed E-state index contributed by atoms with van der Waals surface area (Å²) in [5.74, 6) is -0.964. The fourth-order valence-electron chi connectivity index (χ4n) is 2.63. The van der Waals surface area contributed by atoms with Crippen LogP contribution >= 0.6 is 11.6 Å². The van der Waals surface area contributed by atoms with E-state index in [1.165, 1.54) is 0 Å². The fraction of sp³-hybridized carbons (Fsp3) is 0.200. The number of benzene rings is 2. The zero-order valence-corrected chi connectivity index (χ0v) is 11.4. The maximum absolute atomic E-state index is 12.1. The first-order valence-corrected chi connectivity index (χ1v) is 6.72. The molecule has 0 bridgehead atoms. The van der Waals surface area contributed by atoms with Crippen molar-refractivity contribution >= 4 is 39.9 Å². The molecule has 4 nitrogen and oxygen atoms in total. The Morgan fingerprint density at radius 3 is 2.60 bits per heavy atom. The van der Waals surface area contributed by atoms with E-state index < -0.39 is 11.8 Å². The highest BCUT2D eigenvalue weighted by atomic mass is 35.5. The van der Waals surface area contributed by atoms with Gasteiger partial charge in [-0.3, -0.25) is 9.59 Å². The van der Waals surface area contributed by atoms with Crippen molar-refractivity contribution in [2.75, 3.05) is 11.4 Å². The monoisotopic (exact) mass is 288 g/mol. The molecule has 1 unspecified atom stereocenters. The zero-order chi connectivity index (χ0) is 14.3. The van der Waals surface area contributed by atoms with Gasteiger partial charge >= 0.3 is 0 Å². The molecule has 102 valence electrons. The lowest BCUT2D eigenvalue weighted by molar-refractivity contribution is -0.123. The molecule has 1 atom stereocenters. The van der Waals surface area contributed by atoms with Gasteiger partial charge in [-0.05, 0) is 17.5 Å². The fourth-order valence-corrected chi connectivity index (χ4v) is 2.91. The molecule has 0 spiro atoms. The number of fused-ring (bicyclic) bond motifs is 1. The Bertz CT molecular complexity index is 709.